The number of fused-ring (bicyclic) bond motifs is 1. The summed E-state index contributed by atoms with van der Waals surface area (Å²) in [6, 6.07) is 15.1. The van der Waals surface area contributed by atoms with Crippen molar-refractivity contribution in [1.82, 2.24) is 10.2 Å². The average Bonchev–Trinajstić information content (AvgIpc) is 2.78. The standard InChI is InChI=1S/C24H30N2O4/c1-3-20(24(28)25-4-2)26(17-19-8-6-5-7-9-19)23(27)13-11-18-10-12-21-22(16-18)30-15-14-29-21/h5-10,12,16,20H,3-4,11,13-15,17H2,1-2H3,(H,25,28)/t20-/m0/s1. The Bertz CT molecular complexity index is 854. The maximum Gasteiger partial charge on any atom is 0.242 e. The second kappa shape index (κ2) is 10.7. The number of likely N-dealkylation sites (N-methyl/N-ethyl adjacent to an activating group) is 1. The molecule has 0 saturated carbocycles. The van der Waals surface area contributed by atoms with Crippen molar-refractivity contribution < 1.29 is 19.1 Å². The van der Waals surface area contributed by atoms with Crippen LogP contribution in [0.4, 0.5) is 0 Å². The third-order valence-electron chi connectivity index (χ3n) is 5.17. The minimum absolute atomic E-state index is 0.0353. The van der Waals surface area contributed by atoms with Crippen LogP contribution in [0.15, 0.2) is 48.5 Å². The number of nitrogens with one attached hydrogen (secondary N) is 1. The van der Waals surface area contributed by atoms with Gasteiger partial charge in [0.05, 0.1) is 0 Å². The molecule has 30 heavy (non-hydrogen) atoms. The zero-order chi connectivity index (χ0) is 21.3. The number of amides is 2. The van der Waals surface area contributed by atoms with E-state index in [1.54, 1.807) is 4.90 Å². The predicted octanol–water partition coefficient (Wildman–Crippen LogP) is 3.33. The van der Waals surface area contributed by atoms with Gasteiger partial charge < -0.3 is 19.7 Å². The topological polar surface area (TPSA) is 67.9 Å². The number of aryl methyl sites for hydroxylation is 1. The Hall–Kier alpha value is -3.02. The molecular formula is C24H30N2O4. The normalized spacial score (nSPS) is 13.4. The molecule has 1 atom stereocenters. The van der Waals surface area contributed by atoms with Gasteiger partial charge in [-0.15, -0.1) is 0 Å². The molecule has 2 amide bonds. The van der Waals surface area contributed by atoms with E-state index < -0.39 is 6.04 Å². The lowest BCUT2D eigenvalue weighted by Crippen LogP contribution is -2.49. The van der Waals surface area contributed by atoms with Gasteiger partial charge in [0, 0.05) is 19.5 Å². The van der Waals surface area contributed by atoms with Crippen LogP contribution < -0.4 is 14.8 Å². The van der Waals surface area contributed by atoms with E-state index in [2.05, 4.69) is 5.32 Å². The highest BCUT2D eigenvalue weighted by molar-refractivity contribution is 5.87. The molecule has 1 heterocycles. The Kier molecular flexibility index (Phi) is 7.71. The van der Waals surface area contributed by atoms with Crippen molar-refractivity contribution in [3.8, 4) is 11.5 Å². The molecule has 0 radical (unpaired) electrons. The molecule has 6 nitrogen and oxygen atoms in total. The number of carbonyl (C=O) groups excluding carboxylic acids is 2. The first-order valence-corrected chi connectivity index (χ1v) is 10.6. The first-order chi connectivity index (χ1) is 14.6. The lowest BCUT2D eigenvalue weighted by molar-refractivity contribution is -0.141. The van der Waals surface area contributed by atoms with E-state index in [9.17, 15) is 9.59 Å². The number of nitrogens with zero attached hydrogens (tertiary/aromatic N) is 1. The minimum atomic E-state index is -0.488. The average molecular weight is 411 g/mol. The maximum absolute atomic E-state index is 13.2. The lowest BCUT2D eigenvalue weighted by atomic mass is 10.1. The molecule has 1 aliphatic rings. The van der Waals surface area contributed by atoms with Crippen molar-refractivity contribution in [3.63, 3.8) is 0 Å². The number of hydrogen-bond donors (Lipinski definition) is 1. The predicted molar refractivity (Wildman–Crippen MR) is 116 cm³/mol. The van der Waals surface area contributed by atoms with Crippen molar-refractivity contribution in [1.29, 1.82) is 0 Å². The molecule has 1 N–H and O–H groups in total. The summed E-state index contributed by atoms with van der Waals surface area (Å²) in [6.07, 6.45) is 1.46. The van der Waals surface area contributed by atoms with E-state index in [1.165, 1.54) is 0 Å². The molecule has 2 aromatic rings. The summed E-state index contributed by atoms with van der Waals surface area (Å²) >= 11 is 0. The summed E-state index contributed by atoms with van der Waals surface area (Å²) in [5.41, 5.74) is 2.02. The lowest BCUT2D eigenvalue weighted by Gasteiger charge is -2.30. The summed E-state index contributed by atoms with van der Waals surface area (Å²) in [4.78, 5) is 27.5. The molecule has 1 aliphatic heterocycles. The van der Waals surface area contributed by atoms with Gasteiger partial charge in [0.15, 0.2) is 11.5 Å². The summed E-state index contributed by atoms with van der Waals surface area (Å²) in [5, 5.41) is 2.86. The van der Waals surface area contributed by atoms with Crippen molar-refractivity contribution in [3.05, 3.63) is 59.7 Å². The SMILES string of the molecule is CCNC(=O)[C@H](CC)N(Cc1ccccc1)C(=O)CCc1ccc2c(c1)OCCO2. The molecule has 0 unspecified atom stereocenters. The van der Waals surface area contributed by atoms with Crippen LogP contribution in [0, 0.1) is 0 Å². The number of carbonyl (C=O) groups is 2. The van der Waals surface area contributed by atoms with Gasteiger partial charge in [-0.3, -0.25) is 9.59 Å². The highest BCUT2D eigenvalue weighted by Gasteiger charge is 2.28. The van der Waals surface area contributed by atoms with Crippen LogP contribution in [-0.2, 0) is 22.6 Å². The van der Waals surface area contributed by atoms with Crippen LogP contribution in [0.1, 0.15) is 37.8 Å². The fraction of sp³-hybridized carbons (Fsp3) is 0.417. The van der Waals surface area contributed by atoms with Crippen molar-refractivity contribution >= 4 is 11.8 Å². The molecule has 0 fully saturated rings. The van der Waals surface area contributed by atoms with E-state index in [-0.39, 0.29) is 11.8 Å². The van der Waals surface area contributed by atoms with E-state index in [0.29, 0.717) is 45.6 Å². The molecular weight excluding hydrogens is 380 g/mol. The molecule has 0 saturated heterocycles. The largest absolute Gasteiger partial charge is 0.486 e. The highest BCUT2D eigenvalue weighted by Crippen LogP contribution is 2.31. The molecule has 2 aromatic carbocycles. The number of benzene rings is 2. The molecule has 160 valence electrons. The zero-order valence-corrected chi connectivity index (χ0v) is 17.7. The summed E-state index contributed by atoms with van der Waals surface area (Å²) in [7, 11) is 0. The Balaban J connectivity index is 1.73. The van der Waals surface area contributed by atoms with Gasteiger partial charge in [0.1, 0.15) is 19.3 Å². The number of hydrogen-bond acceptors (Lipinski definition) is 4. The summed E-state index contributed by atoms with van der Waals surface area (Å²) in [5.74, 6) is 1.32. The molecule has 3 rings (SSSR count). The van der Waals surface area contributed by atoms with E-state index in [4.69, 9.17) is 9.47 Å². The first kappa shape index (κ1) is 21.7. The third-order valence-corrected chi connectivity index (χ3v) is 5.17. The summed E-state index contributed by atoms with van der Waals surface area (Å²) < 4.78 is 11.2. The zero-order valence-electron chi connectivity index (χ0n) is 17.7. The van der Waals surface area contributed by atoms with Crippen molar-refractivity contribution in [2.75, 3.05) is 19.8 Å². The van der Waals surface area contributed by atoms with E-state index in [0.717, 1.165) is 22.6 Å². The van der Waals surface area contributed by atoms with E-state index >= 15 is 0 Å². The molecule has 0 aromatic heterocycles. The van der Waals surface area contributed by atoms with Gasteiger partial charge >= 0.3 is 0 Å². The summed E-state index contributed by atoms with van der Waals surface area (Å²) in [6.45, 7) is 5.86. The van der Waals surface area contributed by atoms with Crippen LogP contribution in [0.2, 0.25) is 0 Å². The Morgan fingerprint density at radius 1 is 1.00 bits per heavy atom. The second-order valence-electron chi connectivity index (χ2n) is 7.30. The first-order valence-electron chi connectivity index (χ1n) is 10.6. The smallest absolute Gasteiger partial charge is 0.242 e. The number of rotatable bonds is 9. The molecule has 0 aliphatic carbocycles. The number of ether oxygens (including phenoxy) is 2. The van der Waals surface area contributed by atoms with Gasteiger partial charge in [0.2, 0.25) is 11.8 Å². The molecule has 0 bridgehead atoms. The third kappa shape index (κ3) is 5.53. The van der Waals surface area contributed by atoms with Crippen LogP contribution in [0.3, 0.4) is 0 Å². The second-order valence-corrected chi connectivity index (χ2v) is 7.30. The molecule has 6 heteroatoms. The van der Waals surface area contributed by atoms with E-state index in [1.807, 2.05) is 62.4 Å². The van der Waals surface area contributed by atoms with Gasteiger partial charge in [-0.1, -0.05) is 43.3 Å². The van der Waals surface area contributed by atoms with Gasteiger partial charge in [-0.25, -0.2) is 0 Å². The Morgan fingerprint density at radius 2 is 1.73 bits per heavy atom. The molecule has 0 spiro atoms. The van der Waals surface area contributed by atoms with Crippen LogP contribution in [0.5, 0.6) is 11.5 Å². The highest BCUT2D eigenvalue weighted by atomic mass is 16.6. The Morgan fingerprint density at radius 3 is 2.43 bits per heavy atom. The monoisotopic (exact) mass is 410 g/mol. The van der Waals surface area contributed by atoms with Crippen molar-refractivity contribution in [2.45, 2.75) is 45.7 Å². The van der Waals surface area contributed by atoms with Gasteiger partial charge in [-0.05, 0) is 43.0 Å². The van der Waals surface area contributed by atoms with Crippen LogP contribution in [-0.4, -0.2) is 42.5 Å². The van der Waals surface area contributed by atoms with Crippen LogP contribution >= 0.6 is 0 Å². The minimum Gasteiger partial charge on any atom is -0.486 e. The quantitative estimate of drug-likeness (QED) is 0.689. The fourth-order valence-electron chi connectivity index (χ4n) is 3.63. The maximum atomic E-state index is 13.2. The fourth-order valence-corrected chi connectivity index (χ4v) is 3.63. The van der Waals surface area contributed by atoms with Crippen LogP contribution in [0.25, 0.3) is 0 Å². The van der Waals surface area contributed by atoms with Gasteiger partial charge in [-0.2, -0.15) is 0 Å². The van der Waals surface area contributed by atoms with Crippen molar-refractivity contribution in [2.24, 2.45) is 0 Å². The Labute approximate surface area is 178 Å². The van der Waals surface area contributed by atoms with Gasteiger partial charge in [0.25, 0.3) is 0 Å².